The third-order valence-electron chi connectivity index (χ3n) is 2.05. The highest BCUT2D eigenvalue weighted by Gasteiger charge is 2.60. The van der Waals surface area contributed by atoms with E-state index in [0.717, 1.165) is 0 Å². The average molecular weight is 281 g/mol. The van der Waals surface area contributed by atoms with E-state index in [2.05, 4.69) is 0 Å². The molecule has 0 aliphatic rings. The Hall–Kier alpha value is -0.990. The summed E-state index contributed by atoms with van der Waals surface area (Å²) >= 11 is 0. The van der Waals surface area contributed by atoms with Crippen LogP contribution in [-0.2, 0) is 4.79 Å². The van der Waals surface area contributed by atoms with Gasteiger partial charge in [0.05, 0.1) is 0 Å². The average Bonchev–Trinajstić information content (AvgIpc) is 2.12. The van der Waals surface area contributed by atoms with Crippen molar-refractivity contribution in [3.05, 3.63) is 0 Å². The van der Waals surface area contributed by atoms with Crippen molar-refractivity contribution in [2.24, 2.45) is 5.92 Å². The summed E-state index contributed by atoms with van der Waals surface area (Å²) in [5.74, 6) is -6.10. The van der Waals surface area contributed by atoms with Crippen LogP contribution in [0, 0.1) is 5.92 Å². The van der Waals surface area contributed by atoms with Gasteiger partial charge in [-0.25, -0.2) is 0 Å². The summed E-state index contributed by atoms with van der Waals surface area (Å²) in [5, 5.41) is 9.99. The molecule has 0 aliphatic carbocycles. The number of carbonyl (C=O) groups excluding carboxylic acids is 1. The first-order valence-electron chi connectivity index (χ1n) is 5.12. The summed E-state index contributed by atoms with van der Waals surface area (Å²) in [6.07, 6.45) is -10.3. The van der Waals surface area contributed by atoms with E-state index in [4.69, 9.17) is 5.11 Å². The van der Waals surface area contributed by atoms with Gasteiger partial charge < -0.3 is 10.4 Å². The van der Waals surface area contributed by atoms with E-state index in [-0.39, 0.29) is 19.6 Å². The maximum atomic E-state index is 12.1. The van der Waals surface area contributed by atoms with E-state index in [0.29, 0.717) is 12.8 Å². The maximum absolute atomic E-state index is 12.1. The molecule has 2 N–H and O–H groups in total. The third-order valence-corrected chi connectivity index (χ3v) is 2.05. The lowest BCUT2D eigenvalue weighted by atomic mass is 10.1. The zero-order valence-electron chi connectivity index (χ0n) is 9.24. The van der Waals surface area contributed by atoms with Gasteiger partial charge in [0.25, 0.3) is 0 Å². The van der Waals surface area contributed by atoms with Crippen LogP contribution in [0.5, 0.6) is 0 Å². The van der Waals surface area contributed by atoms with Crippen LogP contribution < -0.4 is 5.32 Å². The van der Waals surface area contributed by atoms with Crippen molar-refractivity contribution in [2.45, 2.75) is 31.6 Å². The largest absolute Gasteiger partial charge is 0.409 e. The summed E-state index contributed by atoms with van der Waals surface area (Å²) in [4.78, 5) is 10.9. The number of rotatable bonds is 6. The number of unbranched alkanes of at least 4 members (excludes halogenated alkanes) is 2. The summed E-state index contributed by atoms with van der Waals surface area (Å²) in [6, 6.07) is 0. The van der Waals surface area contributed by atoms with Gasteiger partial charge in [-0.1, -0.05) is 0 Å². The van der Waals surface area contributed by atoms with Gasteiger partial charge in [0.15, 0.2) is 0 Å². The van der Waals surface area contributed by atoms with Crippen LogP contribution >= 0.6 is 0 Å². The number of hydrogen-bond donors (Lipinski definition) is 2. The molecule has 0 saturated heterocycles. The van der Waals surface area contributed by atoms with Gasteiger partial charge in [0, 0.05) is 13.2 Å². The zero-order chi connectivity index (χ0) is 14.4. The van der Waals surface area contributed by atoms with E-state index in [1.54, 1.807) is 5.32 Å². The van der Waals surface area contributed by atoms with Gasteiger partial charge in [0.1, 0.15) is 0 Å². The lowest BCUT2D eigenvalue weighted by Crippen LogP contribution is -2.48. The molecular formula is C9H13F6NO2. The minimum atomic E-state index is -5.66. The first-order valence-corrected chi connectivity index (χ1v) is 5.12. The van der Waals surface area contributed by atoms with Crippen molar-refractivity contribution in [3.8, 4) is 0 Å². The van der Waals surface area contributed by atoms with Gasteiger partial charge in [-0.15, -0.1) is 0 Å². The molecule has 0 fully saturated rings. The maximum Gasteiger partial charge on any atom is 0.409 e. The van der Waals surface area contributed by atoms with Crippen LogP contribution in [0.25, 0.3) is 0 Å². The summed E-state index contributed by atoms with van der Waals surface area (Å²) in [5.41, 5.74) is 0. The Balaban J connectivity index is 4.34. The second-order valence-corrected chi connectivity index (χ2v) is 3.59. The van der Waals surface area contributed by atoms with E-state index >= 15 is 0 Å². The van der Waals surface area contributed by atoms with Gasteiger partial charge in [0.2, 0.25) is 11.8 Å². The number of amides is 1. The first kappa shape index (κ1) is 17.0. The Morgan fingerprint density at radius 1 is 1.00 bits per heavy atom. The van der Waals surface area contributed by atoms with Crippen LogP contribution in [0.15, 0.2) is 0 Å². The molecule has 0 spiro atoms. The van der Waals surface area contributed by atoms with Gasteiger partial charge in [-0.2, -0.15) is 26.3 Å². The second kappa shape index (κ2) is 6.81. The molecule has 0 heterocycles. The molecule has 0 aromatic rings. The molecule has 0 aliphatic heterocycles. The van der Waals surface area contributed by atoms with Crippen molar-refractivity contribution < 1.29 is 36.2 Å². The second-order valence-electron chi connectivity index (χ2n) is 3.59. The fourth-order valence-corrected chi connectivity index (χ4v) is 1.21. The van der Waals surface area contributed by atoms with Crippen molar-refractivity contribution in [2.75, 3.05) is 13.2 Å². The molecule has 108 valence electrons. The highest BCUT2D eigenvalue weighted by Crippen LogP contribution is 2.39. The monoisotopic (exact) mass is 281 g/mol. The molecule has 3 nitrogen and oxygen atoms in total. The van der Waals surface area contributed by atoms with Crippen molar-refractivity contribution in [1.29, 1.82) is 0 Å². The summed E-state index contributed by atoms with van der Waals surface area (Å²) in [6.45, 7) is -0.414. The molecule has 1 amide bonds. The van der Waals surface area contributed by atoms with E-state index in [1.165, 1.54) is 0 Å². The number of nitrogens with one attached hydrogen (secondary N) is 1. The Kier molecular flexibility index (Phi) is 6.44. The Morgan fingerprint density at radius 3 is 1.89 bits per heavy atom. The fourth-order valence-electron chi connectivity index (χ4n) is 1.21. The SMILES string of the molecule is O=C(NCCCCCO)C(C(F)(F)F)C(F)(F)F. The molecule has 0 aromatic carbocycles. The predicted octanol–water partition coefficient (Wildman–Crippen LogP) is 2.01. The van der Waals surface area contributed by atoms with Crippen molar-refractivity contribution in [3.63, 3.8) is 0 Å². The molecule has 0 atom stereocenters. The van der Waals surface area contributed by atoms with Crippen LogP contribution in [-0.4, -0.2) is 36.5 Å². The Morgan fingerprint density at radius 2 is 1.50 bits per heavy atom. The lowest BCUT2D eigenvalue weighted by Gasteiger charge is -2.21. The predicted molar refractivity (Wildman–Crippen MR) is 49.5 cm³/mol. The molecule has 0 aromatic heterocycles. The molecule has 0 unspecified atom stereocenters. The molecular weight excluding hydrogens is 268 g/mol. The number of hydrogen-bond acceptors (Lipinski definition) is 2. The highest BCUT2D eigenvalue weighted by molar-refractivity contribution is 5.80. The van der Waals surface area contributed by atoms with E-state index in [1.807, 2.05) is 0 Å². The standard InChI is InChI=1S/C9H13F6NO2/c10-8(11,12)6(9(13,14)15)7(18)16-4-2-1-3-5-17/h6,17H,1-5H2,(H,16,18). The van der Waals surface area contributed by atoms with Crippen LogP contribution in [0.1, 0.15) is 19.3 Å². The normalized spacial score (nSPS) is 12.9. The zero-order valence-corrected chi connectivity index (χ0v) is 9.24. The van der Waals surface area contributed by atoms with E-state index < -0.39 is 24.2 Å². The van der Waals surface area contributed by atoms with Crippen molar-refractivity contribution in [1.82, 2.24) is 5.32 Å². The topological polar surface area (TPSA) is 49.3 Å². The third kappa shape index (κ3) is 6.08. The van der Waals surface area contributed by atoms with Crippen LogP contribution in [0.2, 0.25) is 0 Å². The molecule has 0 rings (SSSR count). The first-order chi connectivity index (χ1) is 8.10. The van der Waals surface area contributed by atoms with Gasteiger partial charge in [-0.05, 0) is 19.3 Å². The minimum absolute atomic E-state index is 0.123. The summed E-state index contributed by atoms with van der Waals surface area (Å²) in [7, 11) is 0. The number of aliphatic hydroxyl groups excluding tert-OH is 1. The van der Waals surface area contributed by atoms with Crippen LogP contribution in [0.3, 0.4) is 0 Å². The Labute approximate surface area is 99.2 Å². The summed E-state index contributed by atoms with van der Waals surface area (Å²) < 4.78 is 72.5. The van der Waals surface area contributed by atoms with Crippen LogP contribution in [0.4, 0.5) is 26.3 Å². The van der Waals surface area contributed by atoms with Gasteiger partial charge in [-0.3, -0.25) is 4.79 Å². The number of carbonyl (C=O) groups is 1. The minimum Gasteiger partial charge on any atom is -0.396 e. The van der Waals surface area contributed by atoms with E-state index in [9.17, 15) is 31.1 Å². The number of halogens is 6. The lowest BCUT2D eigenvalue weighted by molar-refractivity contribution is -0.274. The number of alkyl halides is 6. The number of aliphatic hydroxyl groups is 1. The van der Waals surface area contributed by atoms with Gasteiger partial charge >= 0.3 is 12.4 Å². The fraction of sp³-hybridized carbons (Fsp3) is 0.889. The molecule has 9 heteroatoms. The highest BCUT2D eigenvalue weighted by atomic mass is 19.4. The molecule has 18 heavy (non-hydrogen) atoms. The molecule has 0 radical (unpaired) electrons. The Bertz CT molecular complexity index is 249. The molecule has 0 saturated carbocycles. The van der Waals surface area contributed by atoms with Crippen molar-refractivity contribution >= 4 is 5.91 Å². The molecule has 0 bridgehead atoms. The quantitative estimate of drug-likeness (QED) is 0.578. The smallest absolute Gasteiger partial charge is 0.396 e.